The maximum absolute atomic E-state index is 10.6. The normalized spacial score (nSPS) is 29.1. The van der Waals surface area contributed by atoms with Gasteiger partial charge in [-0.2, -0.15) is 0 Å². The van der Waals surface area contributed by atoms with E-state index in [0.717, 1.165) is 49.0 Å². The van der Waals surface area contributed by atoms with Crippen molar-refractivity contribution < 1.29 is 24.9 Å². The number of fused-ring (bicyclic) bond motifs is 1. The Balaban J connectivity index is 1.58. The van der Waals surface area contributed by atoms with Gasteiger partial charge in [-0.3, -0.25) is 4.79 Å². The average molecular weight is 423 g/mol. The SMILES string of the molecule is O=C(O)CCCC=CC[C@@H]1[C@@H](COc2cccc3c2CCCC3O)[C@H](O)C[C@H]1Cl. The smallest absolute Gasteiger partial charge is 0.303 e. The predicted molar refractivity (Wildman–Crippen MR) is 112 cm³/mol. The lowest BCUT2D eigenvalue weighted by atomic mass is 9.88. The molecule has 1 saturated carbocycles. The summed E-state index contributed by atoms with van der Waals surface area (Å²) < 4.78 is 6.14. The molecule has 2 aliphatic rings. The molecule has 2 aliphatic carbocycles. The molecule has 160 valence electrons. The number of hydrogen-bond acceptors (Lipinski definition) is 4. The van der Waals surface area contributed by atoms with E-state index in [2.05, 4.69) is 0 Å². The van der Waals surface area contributed by atoms with Crippen LogP contribution < -0.4 is 4.74 Å². The Kier molecular flexibility index (Phi) is 7.99. The van der Waals surface area contributed by atoms with Gasteiger partial charge in [-0.05, 0) is 68.1 Å². The highest BCUT2D eigenvalue weighted by Gasteiger charge is 2.41. The molecule has 0 bridgehead atoms. The molecule has 1 fully saturated rings. The van der Waals surface area contributed by atoms with E-state index in [9.17, 15) is 15.0 Å². The molecule has 3 rings (SSSR count). The molecule has 0 heterocycles. The fourth-order valence-corrected chi connectivity index (χ4v) is 5.02. The number of unbranched alkanes of at least 4 members (excludes halogenated alkanes) is 1. The van der Waals surface area contributed by atoms with Gasteiger partial charge in [0.25, 0.3) is 0 Å². The number of aliphatic hydroxyl groups excluding tert-OH is 2. The molecule has 1 unspecified atom stereocenters. The number of carboxylic acid groups (broad SMARTS) is 1. The minimum Gasteiger partial charge on any atom is -0.493 e. The van der Waals surface area contributed by atoms with Crippen molar-refractivity contribution >= 4 is 17.6 Å². The maximum Gasteiger partial charge on any atom is 0.303 e. The zero-order valence-electron chi connectivity index (χ0n) is 16.7. The lowest BCUT2D eigenvalue weighted by Crippen LogP contribution is -2.27. The number of benzene rings is 1. The maximum atomic E-state index is 10.6. The van der Waals surface area contributed by atoms with Crippen LogP contribution in [-0.2, 0) is 11.2 Å². The van der Waals surface area contributed by atoms with Crippen molar-refractivity contribution in [3.8, 4) is 5.75 Å². The molecule has 0 aliphatic heterocycles. The second kappa shape index (κ2) is 10.5. The first kappa shape index (κ1) is 22.1. The molecule has 0 spiro atoms. The molecule has 0 saturated heterocycles. The molecule has 0 aromatic heterocycles. The number of aliphatic carboxylic acids is 1. The molecule has 1 aromatic carbocycles. The van der Waals surface area contributed by atoms with Gasteiger partial charge < -0.3 is 20.1 Å². The minimum absolute atomic E-state index is 0.0504. The lowest BCUT2D eigenvalue weighted by molar-refractivity contribution is -0.137. The number of ether oxygens (including phenoxy) is 1. The molecule has 1 aromatic rings. The third kappa shape index (κ3) is 5.74. The standard InChI is InChI=1S/C23H31ClO5/c24-19-13-21(26)18(15(19)7-3-1-2-4-12-23(27)28)14-29-22-11-6-8-16-17(22)9-5-10-20(16)25/h1,3,6,8,11,15,18-21,25-26H,2,4-5,7,9-10,12-14H2,(H,27,28)/t15-,18-,19-,20?,21-/m1/s1. The number of carbonyl (C=O) groups is 1. The van der Waals surface area contributed by atoms with Crippen molar-refractivity contribution in [1.82, 2.24) is 0 Å². The molecule has 0 amide bonds. The Morgan fingerprint density at radius 2 is 2.07 bits per heavy atom. The quantitative estimate of drug-likeness (QED) is 0.315. The van der Waals surface area contributed by atoms with E-state index < -0.39 is 18.2 Å². The van der Waals surface area contributed by atoms with E-state index in [1.165, 1.54) is 0 Å². The topological polar surface area (TPSA) is 87.0 Å². The van der Waals surface area contributed by atoms with Gasteiger partial charge in [0, 0.05) is 17.7 Å². The molecule has 29 heavy (non-hydrogen) atoms. The molecule has 3 N–H and O–H groups in total. The van der Waals surface area contributed by atoms with Crippen LogP contribution >= 0.6 is 11.6 Å². The summed E-state index contributed by atoms with van der Waals surface area (Å²) >= 11 is 6.51. The van der Waals surface area contributed by atoms with Gasteiger partial charge >= 0.3 is 5.97 Å². The number of halogens is 1. The van der Waals surface area contributed by atoms with Gasteiger partial charge in [0.15, 0.2) is 0 Å². The first-order chi connectivity index (χ1) is 14.0. The first-order valence-corrected chi connectivity index (χ1v) is 11.0. The Morgan fingerprint density at radius 3 is 2.86 bits per heavy atom. The van der Waals surface area contributed by atoms with Crippen molar-refractivity contribution in [3.63, 3.8) is 0 Å². The van der Waals surface area contributed by atoms with Crippen molar-refractivity contribution in [2.24, 2.45) is 11.8 Å². The lowest BCUT2D eigenvalue weighted by Gasteiger charge is -2.26. The number of allylic oxidation sites excluding steroid dienone is 2. The first-order valence-electron chi connectivity index (χ1n) is 10.6. The molecule has 5 atom stereocenters. The Hall–Kier alpha value is -1.56. The Morgan fingerprint density at radius 1 is 1.24 bits per heavy atom. The molecular weight excluding hydrogens is 392 g/mol. The van der Waals surface area contributed by atoms with Gasteiger partial charge in [0.2, 0.25) is 0 Å². The van der Waals surface area contributed by atoms with Crippen molar-refractivity contribution in [2.45, 2.75) is 69.0 Å². The Bertz CT molecular complexity index is 719. The minimum atomic E-state index is -0.772. The van der Waals surface area contributed by atoms with Gasteiger partial charge in [0.1, 0.15) is 5.75 Å². The van der Waals surface area contributed by atoms with Crippen LogP contribution in [0.15, 0.2) is 30.4 Å². The summed E-state index contributed by atoms with van der Waals surface area (Å²) in [7, 11) is 0. The average Bonchev–Trinajstić information content (AvgIpc) is 2.95. The van der Waals surface area contributed by atoms with Crippen molar-refractivity contribution in [3.05, 3.63) is 41.5 Å². The highest BCUT2D eigenvalue weighted by molar-refractivity contribution is 6.21. The monoisotopic (exact) mass is 422 g/mol. The van der Waals surface area contributed by atoms with Gasteiger partial charge in [0.05, 0.1) is 18.8 Å². The van der Waals surface area contributed by atoms with Crippen LogP contribution in [0.5, 0.6) is 5.75 Å². The van der Waals surface area contributed by atoms with Crippen LogP contribution in [0.25, 0.3) is 0 Å². The van der Waals surface area contributed by atoms with E-state index in [1.807, 2.05) is 30.4 Å². The summed E-state index contributed by atoms with van der Waals surface area (Å²) in [4.78, 5) is 10.6. The van der Waals surface area contributed by atoms with Crippen LogP contribution in [0.3, 0.4) is 0 Å². The van der Waals surface area contributed by atoms with Crippen LogP contribution in [0, 0.1) is 11.8 Å². The van der Waals surface area contributed by atoms with E-state index >= 15 is 0 Å². The Labute approximate surface area is 177 Å². The third-order valence-electron chi connectivity index (χ3n) is 6.18. The summed E-state index contributed by atoms with van der Waals surface area (Å²) in [5, 5.41) is 29.3. The largest absolute Gasteiger partial charge is 0.493 e. The van der Waals surface area contributed by atoms with E-state index in [1.54, 1.807) is 0 Å². The highest BCUT2D eigenvalue weighted by atomic mass is 35.5. The fraction of sp³-hybridized carbons (Fsp3) is 0.609. The zero-order valence-corrected chi connectivity index (χ0v) is 17.4. The number of hydrogen-bond donors (Lipinski definition) is 3. The number of rotatable bonds is 9. The molecule has 5 nitrogen and oxygen atoms in total. The number of alkyl halides is 1. The van der Waals surface area contributed by atoms with E-state index in [-0.39, 0.29) is 23.6 Å². The van der Waals surface area contributed by atoms with Crippen molar-refractivity contribution in [1.29, 1.82) is 0 Å². The van der Waals surface area contributed by atoms with Gasteiger partial charge in [-0.15, -0.1) is 11.6 Å². The number of aliphatic hydroxyl groups is 2. The van der Waals surface area contributed by atoms with Gasteiger partial charge in [-0.1, -0.05) is 24.3 Å². The summed E-state index contributed by atoms with van der Waals surface area (Å²) in [6.07, 6.45) is 8.60. The summed E-state index contributed by atoms with van der Waals surface area (Å²) in [6, 6.07) is 5.81. The second-order valence-electron chi connectivity index (χ2n) is 8.18. The summed E-state index contributed by atoms with van der Waals surface area (Å²) in [6.45, 7) is 0.397. The van der Waals surface area contributed by atoms with E-state index in [4.69, 9.17) is 21.4 Å². The predicted octanol–water partition coefficient (Wildman–Crippen LogP) is 4.24. The molecule has 6 heteroatoms. The number of carboxylic acids is 1. The third-order valence-corrected chi connectivity index (χ3v) is 6.68. The van der Waals surface area contributed by atoms with Crippen LogP contribution in [0.1, 0.15) is 62.2 Å². The second-order valence-corrected chi connectivity index (χ2v) is 8.74. The van der Waals surface area contributed by atoms with Gasteiger partial charge in [-0.25, -0.2) is 0 Å². The summed E-state index contributed by atoms with van der Waals surface area (Å²) in [5.74, 6) is 0.0958. The molecular formula is C23H31ClO5. The fourth-order valence-electron chi connectivity index (χ4n) is 4.54. The van der Waals surface area contributed by atoms with Crippen LogP contribution in [-0.4, -0.2) is 39.4 Å². The summed E-state index contributed by atoms with van der Waals surface area (Å²) in [5.41, 5.74) is 2.04. The van der Waals surface area contributed by atoms with Crippen LogP contribution in [0.2, 0.25) is 0 Å². The highest BCUT2D eigenvalue weighted by Crippen LogP contribution is 2.40. The van der Waals surface area contributed by atoms with E-state index in [0.29, 0.717) is 19.4 Å². The molecule has 0 radical (unpaired) electrons. The zero-order chi connectivity index (χ0) is 20.8. The van der Waals surface area contributed by atoms with Crippen molar-refractivity contribution in [2.75, 3.05) is 6.61 Å². The van der Waals surface area contributed by atoms with Crippen LogP contribution in [0.4, 0.5) is 0 Å².